The molecule has 0 saturated carbocycles. The van der Waals surface area contributed by atoms with Gasteiger partial charge in [-0.05, 0) is 12.1 Å². The molecule has 0 amide bonds. The van der Waals surface area contributed by atoms with E-state index in [1.54, 1.807) is 6.92 Å². The highest BCUT2D eigenvalue weighted by molar-refractivity contribution is 7.89. The molecule has 8 nitrogen and oxygen atoms in total. The smallest absolute Gasteiger partial charge is 0.276 e. The largest absolute Gasteiger partial charge is 0.451 e. The molecule has 1 saturated heterocycles. The second-order valence-electron chi connectivity index (χ2n) is 6.01. The fourth-order valence-electron chi connectivity index (χ4n) is 2.93. The van der Waals surface area contributed by atoms with E-state index in [0.29, 0.717) is 37.6 Å². The van der Waals surface area contributed by atoms with Crippen LogP contribution in [0.5, 0.6) is 0 Å². The van der Waals surface area contributed by atoms with Crippen LogP contribution in [0.2, 0.25) is 0 Å². The van der Waals surface area contributed by atoms with Gasteiger partial charge < -0.3 is 13.7 Å². The molecule has 0 atom stereocenters. The van der Waals surface area contributed by atoms with Crippen molar-refractivity contribution in [3.63, 3.8) is 0 Å². The molecule has 1 fully saturated rings. The Balaban J connectivity index is 1.49. The highest BCUT2D eigenvalue weighted by Crippen LogP contribution is 2.26. The van der Waals surface area contributed by atoms with E-state index < -0.39 is 10.0 Å². The van der Waals surface area contributed by atoms with Crippen LogP contribution in [-0.2, 0) is 10.0 Å². The molecule has 0 N–H and O–H groups in total. The van der Waals surface area contributed by atoms with Crippen molar-refractivity contribution in [3.05, 3.63) is 48.6 Å². The topological polar surface area (TPSA) is 92.7 Å². The van der Waals surface area contributed by atoms with Gasteiger partial charge in [0.1, 0.15) is 6.26 Å². The number of hydrogen-bond acceptors (Lipinski definition) is 7. The van der Waals surface area contributed by atoms with Gasteiger partial charge in [0.25, 0.3) is 15.9 Å². The molecule has 4 rings (SSSR count). The lowest BCUT2D eigenvalue weighted by atomic mass is 10.2. The standard InChI is InChI=1S/C17H18N4O4S/c1-13-18-19-17(25-13)14-11-16(24-12-14)26(22,23)21-9-7-20(8-10-21)15-5-3-2-4-6-15/h2-6,11-12H,7-10H2,1H3. The quantitative estimate of drug-likeness (QED) is 0.691. The number of hydrogen-bond donors (Lipinski definition) is 0. The second kappa shape index (κ2) is 6.58. The Bertz CT molecular complexity index is 989. The van der Waals surface area contributed by atoms with Crippen molar-refractivity contribution >= 4 is 15.7 Å². The van der Waals surface area contributed by atoms with Crippen LogP contribution < -0.4 is 4.90 Å². The molecular weight excluding hydrogens is 356 g/mol. The third kappa shape index (κ3) is 3.11. The third-order valence-electron chi connectivity index (χ3n) is 4.30. The lowest BCUT2D eigenvalue weighted by Gasteiger charge is -2.34. The van der Waals surface area contributed by atoms with Crippen LogP contribution in [0.4, 0.5) is 5.69 Å². The molecule has 0 radical (unpaired) electrons. The Labute approximate surface area is 151 Å². The van der Waals surface area contributed by atoms with Crippen molar-refractivity contribution in [2.24, 2.45) is 0 Å². The van der Waals surface area contributed by atoms with Crippen molar-refractivity contribution in [2.45, 2.75) is 12.0 Å². The summed E-state index contributed by atoms with van der Waals surface area (Å²) in [5.74, 6) is 0.643. The summed E-state index contributed by atoms with van der Waals surface area (Å²) < 4.78 is 37.7. The van der Waals surface area contributed by atoms with Gasteiger partial charge in [-0.1, -0.05) is 18.2 Å². The van der Waals surface area contributed by atoms with E-state index in [9.17, 15) is 8.42 Å². The highest BCUT2D eigenvalue weighted by atomic mass is 32.2. The van der Waals surface area contributed by atoms with E-state index in [1.807, 2.05) is 30.3 Å². The van der Waals surface area contributed by atoms with Crippen molar-refractivity contribution in [1.29, 1.82) is 0 Å². The summed E-state index contributed by atoms with van der Waals surface area (Å²) in [6.07, 6.45) is 1.32. The van der Waals surface area contributed by atoms with E-state index in [1.165, 1.54) is 16.6 Å². The summed E-state index contributed by atoms with van der Waals surface area (Å²) in [6.45, 7) is 3.71. The number of aromatic nitrogens is 2. The van der Waals surface area contributed by atoms with E-state index in [0.717, 1.165) is 5.69 Å². The number of piperazine rings is 1. The zero-order valence-electron chi connectivity index (χ0n) is 14.2. The van der Waals surface area contributed by atoms with Gasteiger partial charge in [-0.2, -0.15) is 4.31 Å². The van der Waals surface area contributed by atoms with Crippen LogP contribution in [0.3, 0.4) is 0 Å². The molecule has 1 aliphatic heterocycles. The first-order valence-electron chi connectivity index (χ1n) is 8.23. The lowest BCUT2D eigenvalue weighted by Crippen LogP contribution is -2.48. The molecule has 0 bridgehead atoms. The van der Waals surface area contributed by atoms with Gasteiger partial charge in [0.05, 0.1) is 5.56 Å². The minimum atomic E-state index is -3.70. The number of para-hydroxylation sites is 1. The van der Waals surface area contributed by atoms with E-state index in [-0.39, 0.29) is 11.0 Å². The Hall–Kier alpha value is -2.65. The Morgan fingerprint density at radius 2 is 1.77 bits per heavy atom. The monoisotopic (exact) mass is 374 g/mol. The Kier molecular flexibility index (Phi) is 4.25. The number of anilines is 1. The average Bonchev–Trinajstić information content (AvgIpc) is 3.32. The predicted octanol–water partition coefficient (Wildman–Crippen LogP) is 2.15. The molecule has 1 aliphatic rings. The molecule has 136 valence electrons. The maximum Gasteiger partial charge on any atom is 0.276 e. The van der Waals surface area contributed by atoms with Gasteiger partial charge in [-0.25, -0.2) is 8.42 Å². The molecule has 0 unspecified atom stereocenters. The van der Waals surface area contributed by atoms with Gasteiger partial charge in [0.15, 0.2) is 0 Å². The number of nitrogens with zero attached hydrogens (tertiary/aromatic N) is 4. The molecular formula is C17H18N4O4S. The summed E-state index contributed by atoms with van der Waals surface area (Å²) in [7, 11) is -3.70. The van der Waals surface area contributed by atoms with Gasteiger partial charge in [0.2, 0.25) is 11.0 Å². The fourth-order valence-corrected chi connectivity index (χ4v) is 4.27. The van der Waals surface area contributed by atoms with Crippen LogP contribution in [-0.4, -0.2) is 49.1 Å². The summed E-state index contributed by atoms with van der Waals surface area (Å²) in [4.78, 5) is 2.17. The molecule has 3 heterocycles. The minimum Gasteiger partial charge on any atom is -0.451 e. The number of sulfonamides is 1. The fraction of sp³-hybridized carbons (Fsp3) is 0.294. The second-order valence-corrected chi connectivity index (χ2v) is 7.88. The number of benzene rings is 1. The van der Waals surface area contributed by atoms with E-state index >= 15 is 0 Å². The van der Waals surface area contributed by atoms with E-state index in [4.69, 9.17) is 8.83 Å². The number of furan rings is 1. The van der Waals surface area contributed by atoms with Crippen LogP contribution >= 0.6 is 0 Å². The van der Waals surface area contributed by atoms with E-state index in [2.05, 4.69) is 15.1 Å². The Morgan fingerprint density at radius 3 is 2.42 bits per heavy atom. The highest BCUT2D eigenvalue weighted by Gasteiger charge is 2.31. The Morgan fingerprint density at radius 1 is 1.04 bits per heavy atom. The lowest BCUT2D eigenvalue weighted by molar-refractivity contribution is 0.362. The SMILES string of the molecule is Cc1nnc(-c2coc(S(=O)(=O)N3CCN(c4ccccc4)CC3)c2)o1. The maximum atomic E-state index is 12.8. The van der Waals surface area contributed by atoms with Crippen LogP contribution in [0.25, 0.3) is 11.5 Å². The first-order valence-corrected chi connectivity index (χ1v) is 9.67. The zero-order chi connectivity index (χ0) is 18.1. The van der Waals surface area contributed by atoms with Crippen molar-refractivity contribution in [3.8, 4) is 11.5 Å². The first-order chi connectivity index (χ1) is 12.5. The average molecular weight is 374 g/mol. The van der Waals surface area contributed by atoms with Crippen LogP contribution in [0.1, 0.15) is 5.89 Å². The molecule has 3 aromatic rings. The zero-order valence-corrected chi connectivity index (χ0v) is 15.0. The summed E-state index contributed by atoms with van der Waals surface area (Å²) >= 11 is 0. The molecule has 9 heteroatoms. The van der Waals surface area contributed by atoms with Gasteiger partial charge in [0, 0.05) is 44.9 Å². The number of rotatable bonds is 4. The van der Waals surface area contributed by atoms with Crippen molar-refractivity contribution in [1.82, 2.24) is 14.5 Å². The van der Waals surface area contributed by atoms with Crippen LogP contribution in [0.15, 0.2) is 56.6 Å². The molecule has 2 aromatic heterocycles. The molecule has 1 aromatic carbocycles. The number of aryl methyl sites for hydroxylation is 1. The summed E-state index contributed by atoms with van der Waals surface area (Å²) in [6, 6.07) is 11.4. The van der Waals surface area contributed by atoms with Crippen molar-refractivity contribution in [2.75, 3.05) is 31.1 Å². The van der Waals surface area contributed by atoms with Gasteiger partial charge in [-0.15, -0.1) is 10.2 Å². The first kappa shape index (κ1) is 16.8. The predicted molar refractivity (Wildman–Crippen MR) is 94.2 cm³/mol. The van der Waals surface area contributed by atoms with Crippen molar-refractivity contribution < 1.29 is 17.3 Å². The summed E-state index contributed by atoms with van der Waals surface area (Å²) in [5, 5.41) is 7.50. The summed E-state index contributed by atoms with van der Waals surface area (Å²) in [5.41, 5.74) is 1.55. The minimum absolute atomic E-state index is 0.114. The molecule has 0 aliphatic carbocycles. The third-order valence-corrected chi connectivity index (χ3v) is 6.07. The molecule has 0 spiro atoms. The normalized spacial score (nSPS) is 16.1. The van der Waals surface area contributed by atoms with Gasteiger partial charge >= 0.3 is 0 Å². The van der Waals surface area contributed by atoms with Gasteiger partial charge in [-0.3, -0.25) is 0 Å². The molecule has 26 heavy (non-hydrogen) atoms. The van der Waals surface area contributed by atoms with Crippen LogP contribution in [0, 0.1) is 6.92 Å². The maximum absolute atomic E-state index is 12.8.